The lowest BCUT2D eigenvalue weighted by Crippen LogP contribution is -2.27. The van der Waals surface area contributed by atoms with Crippen molar-refractivity contribution >= 4 is 27.5 Å². The number of carbonyl (C=O) groups excluding carboxylic acids is 1. The van der Waals surface area contributed by atoms with Gasteiger partial charge in [-0.15, -0.1) is 21.5 Å². The lowest BCUT2D eigenvalue weighted by atomic mass is 10.1. The Morgan fingerprint density at radius 2 is 1.90 bits per heavy atom. The van der Waals surface area contributed by atoms with Crippen molar-refractivity contribution in [3.8, 4) is 11.1 Å². The second-order valence-electron chi connectivity index (χ2n) is 7.35. The largest absolute Gasteiger partial charge is 0.424 e. The molecule has 1 aliphatic carbocycles. The zero-order chi connectivity index (χ0) is 19.6. The van der Waals surface area contributed by atoms with Crippen molar-refractivity contribution in [2.75, 3.05) is 6.54 Å². The molecule has 1 amide bonds. The van der Waals surface area contributed by atoms with Gasteiger partial charge in [0.15, 0.2) is 0 Å². The van der Waals surface area contributed by atoms with E-state index in [1.165, 1.54) is 24.0 Å². The molecule has 2 heterocycles. The Hall–Kier alpha value is -3.06. The quantitative estimate of drug-likeness (QED) is 0.503. The molecule has 0 spiro atoms. The number of aromatic nitrogens is 3. The minimum atomic E-state index is -0.0690. The fraction of sp³-hybridized carbons (Fsp3) is 0.273. The van der Waals surface area contributed by atoms with Gasteiger partial charge >= 0.3 is 0 Å². The minimum Gasteiger partial charge on any atom is -0.424 e. The average molecular weight is 404 g/mol. The third kappa shape index (κ3) is 4.35. The number of benzene rings is 2. The Labute approximate surface area is 172 Å². The first-order valence-electron chi connectivity index (χ1n) is 9.76. The van der Waals surface area contributed by atoms with E-state index in [4.69, 9.17) is 4.42 Å². The summed E-state index contributed by atoms with van der Waals surface area (Å²) in [6, 6.07) is 16.6. The molecule has 146 valence electrons. The number of nitrogens with one attached hydrogen (secondary N) is 1. The summed E-state index contributed by atoms with van der Waals surface area (Å²) in [6.07, 6.45) is 3.01. The van der Waals surface area contributed by atoms with Gasteiger partial charge in [-0.05, 0) is 42.0 Å². The van der Waals surface area contributed by atoms with E-state index in [-0.39, 0.29) is 12.3 Å². The first kappa shape index (κ1) is 18.0. The van der Waals surface area contributed by atoms with E-state index in [0.29, 0.717) is 24.1 Å². The van der Waals surface area contributed by atoms with Crippen LogP contribution in [0, 0.1) is 5.92 Å². The van der Waals surface area contributed by atoms with Gasteiger partial charge in [0.1, 0.15) is 11.4 Å². The highest BCUT2D eigenvalue weighted by Crippen LogP contribution is 2.29. The zero-order valence-electron chi connectivity index (χ0n) is 15.8. The van der Waals surface area contributed by atoms with E-state index >= 15 is 0 Å². The van der Waals surface area contributed by atoms with Crippen LogP contribution in [0.2, 0.25) is 0 Å². The van der Waals surface area contributed by atoms with Gasteiger partial charge < -0.3 is 9.73 Å². The summed E-state index contributed by atoms with van der Waals surface area (Å²) in [5, 5.41) is 11.9. The summed E-state index contributed by atoms with van der Waals surface area (Å²) >= 11 is 1.62. The van der Waals surface area contributed by atoms with Crippen molar-refractivity contribution < 1.29 is 9.21 Å². The van der Waals surface area contributed by atoms with Crippen LogP contribution in [-0.4, -0.2) is 27.6 Å². The highest BCUT2D eigenvalue weighted by molar-refractivity contribution is 7.18. The number of fused-ring (bicyclic) bond motifs is 1. The van der Waals surface area contributed by atoms with Crippen molar-refractivity contribution in [1.29, 1.82) is 0 Å². The van der Waals surface area contributed by atoms with Crippen LogP contribution in [0.4, 0.5) is 0 Å². The number of hydrogen-bond acceptors (Lipinski definition) is 6. The van der Waals surface area contributed by atoms with Crippen LogP contribution in [0.3, 0.4) is 0 Å². The van der Waals surface area contributed by atoms with Crippen LogP contribution in [0.5, 0.6) is 0 Å². The maximum Gasteiger partial charge on any atom is 0.229 e. The predicted molar refractivity (Wildman–Crippen MR) is 112 cm³/mol. The number of nitrogens with zero attached hydrogens (tertiary/aromatic N) is 3. The van der Waals surface area contributed by atoms with Gasteiger partial charge in [0, 0.05) is 6.54 Å². The molecule has 0 radical (unpaired) electrons. The Morgan fingerprint density at radius 3 is 2.72 bits per heavy atom. The number of rotatable bonds is 7. The topological polar surface area (TPSA) is 80.9 Å². The van der Waals surface area contributed by atoms with E-state index in [0.717, 1.165) is 21.8 Å². The standard InChI is InChI=1S/C22H20N4O2S/c27-19(23-13-14-6-7-14)11-20-25-26-21(28-20)12-22-24-17-9-8-16(10-18(17)29-22)15-4-2-1-3-5-15/h1-5,8-10,14H,6-7,11-13H2,(H,23,27). The fourth-order valence-corrected chi connectivity index (χ4v) is 4.20. The lowest BCUT2D eigenvalue weighted by Gasteiger charge is -2.00. The molecule has 2 aromatic heterocycles. The van der Waals surface area contributed by atoms with Crippen LogP contribution in [0.1, 0.15) is 29.6 Å². The summed E-state index contributed by atoms with van der Waals surface area (Å²) in [6.45, 7) is 0.747. The van der Waals surface area contributed by atoms with Crippen molar-refractivity contribution in [2.24, 2.45) is 5.92 Å². The monoisotopic (exact) mass is 404 g/mol. The molecule has 0 atom stereocenters. The molecule has 1 fully saturated rings. The second kappa shape index (κ2) is 7.75. The molecule has 4 aromatic rings. The first-order chi connectivity index (χ1) is 14.2. The summed E-state index contributed by atoms with van der Waals surface area (Å²) in [4.78, 5) is 16.6. The van der Waals surface area contributed by atoms with Gasteiger partial charge in [-0.1, -0.05) is 36.4 Å². The van der Waals surface area contributed by atoms with E-state index in [2.05, 4.69) is 44.8 Å². The lowest BCUT2D eigenvalue weighted by molar-refractivity contribution is -0.120. The Morgan fingerprint density at radius 1 is 1.07 bits per heavy atom. The molecule has 1 aliphatic rings. The van der Waals surface area contributed by atoms with Crippen LogP contribution < -0.4 is 5.32 Å². The van der Waals surface area contributed by atoms with Crippen LogP contribution in [0.25, 0.3) is 21.3 Å². The maximum atomic E-state index is 11.9. The third-order valence-corrected chi connectivity index (χ3v) is 5.97. The average Bonchev–Trinajstić information content (AvgIpc) is 3.34. The Kier molecular flexibility index (Phi) is 4.81. The van der Waals surface area contributed by atoms with Crippen molar-refractivity contribution in [1.82, 2.24) is 20.5 Å². The van der Waals surface area contributed by atoms with Gasteiger partial charge in [-0.2, -0.15) is 0 Å². The molecular formula is C22H20N4O2S. The molecule has 5 rings (SSSR count). The molecule has 0 saturated heterocycles. The summed E-state index contributed by atoms with van der Waals surface area (Å²) in [5.41, 5.74) is 3.32. The molecule has 0 unspecified atom stereocenters. The molecule has 1 saturated carbocycles. The molecular weight excluding hydrogens is 384 g/mol. The fourth-order valence-electron chi connectivity index (χ4n) is 3.20. The molecule has 0 bridgehead atoms. The first-order valence-corrected chi connectivity index (χ1v) is 10.6. The minimum absolute atomic E-state index is 0.0690. The van der Waals surface area contributed by atoms with Gasteiger partial charge in [-0.3, -0.25) is 4.79 Å². The number of amides is 1. The van der Waals surface area contributed by atoms with E-state index in [1.54, 1.807) is 11.3 Å². The summed E-state index contributed by atoms with van der Waals surface area (Å²) in [5.74, 6) is 1.41. The van der Waals surface area contributed by atoms with Crippen molar-refractivity contribution in [3.05, 3.63) is 65.3 Å². The number of thiazole rings is 1. The second-order valence-corrected chi connectivity index (χ2v) is 8.46. The normalized spacial score (nSPS) is 13.7. The number of hydrogen-bond donors (Lipinski definition) is 1. The molecule has 2 aromatic carbocycles. The Bertz CT molecular complexity index is 1150. The van der Waals surface area contributed by atoms with Gasteiger partial charge in [0.25, 0.3) is 0 Å². The highest BCUT2D eigenvalue weighted by atomic mass is 32.1. The van der Waals surface area contributed by atoms with Crippen molar-refractivity contribution in [3.63, 3.8) is 0 Å². The highest BCUT2D eigenvalue weighted by Gasteiger charge is 2.22. The van der Waals surface area contributed by atoms with E-state index in [1.807, 2.05) is 24.3 Å². The third-order valence-electron chi connectivity index (χ3n) is 4.95. The van der Waals surface area contributed by atoms with Gasteiger partial charge in [0.05, 0.1) is 16.6 Å². The number of carbonyl (C=O) groups is 1. The predicted octanol–water partition coefficient (Wildman–Crippen LogP) is 4.01. The van der Waals surface area contributed by atoms with Gasteiger partial charge in [0.2, 0.25) is 17.7 Å². The van der Waals surface area contributed by atoms with Crippen LogP contribution >= 0.6 is 11.3 Å². The van der Waals surface area contributed by atoms with Crippen LogP contribution in [-0.2, 0) is 17.6 Å². The maximum absolute atomic E-state index is 11.9. The van der Waals surface area contributed by atoms with Crippen LogP contribution in [0.15, 0.2) is 52.9 Å². The Balaban J connectivity index is 1.26. The van der Waals surface area contributed by atoms with Crippen molar-refractivity contribution in [2.45, 2.75) is 25.7 Å². The zero-order valence-corrected chi connectivity index (χ0v) is 16.6. The molecule has 7 heteroatoms. The molecule has 1 N–H and O–H groups in total. The summed E-state index contributed by atoms with van der Waals surface area (Å²) in [7, 11) is 0. The SMILES string of the molecule is O=C(Cc1nnc(Cc2nc3ccc(-c4ccccc4)cc3s2)o1)NCC1CC1. The molecule has 29 heavy (non-hydrogen) atoms. The van der Waals surface area contributed by atoms with E-state index in [9.17, 15) is 4.79 Å². The molecule has 0 aliphatic heterocycles. The van der Waals surface area contributed by atoms with Gasteiger partial charge in [-0.25, -0.2) is 4.98 Å². The summed E-state index contributed by atoms with van der Waals surface area (Å²) < 4.78 is 6.78. The van der Waals surface area contributed by atoms with E-state index < -0.39 is 0 Å². The smallest absolute Gasteiger partial charge is 0.229 e. The molecule has 6 nitrogen and oxygen atoms in total.